The second-order valence-electron chi connectivity index (χ2n) is 4.15. The van der Waals surface area contributed by atoms with Gasteiger partial charge in [-0.25, -0.2) is 9.37 Å². The van der Waals surface area contributed by atoms with Crippen LogP contribution >= 0.6 is 23.2 Å². The minimum atomic E-state index is -0.435. The van der Waals surface area contributed by atoms with Crippen LogP contribution in [0.2, 0.25) is 10.0 Å². The predicted molar refractivity (Wildman–Crippen MR) is 78.8 cm³/mol. The van der Waals surface area contributed by atoms with Crippen LogP contribution in [0, 0.1) is 5.82 Å². The minimum Gasteiger partial charge on any atom is -0.383 e. The van der Waals surface area contributed by atoms with Crippen molar-refractivity contribution in [2.45, 2.75) is 6.92 Å². The highest BCUT2D eigenvalue weighted by Gasteiger charge is 2.13. The Kier molecular flexibility index (Phi) is 3.78. The van der Waals surface area contributed by atoms with Crippen molar-refractivity contribution in [1.82, 2.24) is 4.98 Å². The van der Waals surface area contributed by atoms with E-state index in [-0.39, 0.29) is 11.4 Å². The monoisotopic (exact) mass is 296 g/mol. The van der Waals surface area contributed by atoms with Crippen LogP contribution in [0.3, 0.4) is 0 Å². The van der Waals surface area contributed by atoms with Gasteiger partial charge < -0.3 is 5.73 Å². The van der Waals surface area contributed by atoms with E-state index in [0.29, 0.717) is 26.9 Å². The topological polar surface area (TPSA) is 38.9 Å². The van der Waals surface area contributed by atoms with Gasteiger partial charge in [0.15, 0.2) is 0 Å². The molecule has 1 aromatic carbocycles. The van der Waals surface area contributed by atoms with Crippen molar-refractivity contribution in [3.05, 3.63) is 52.3 Å². The maximum atomic E-state index is 13.8. The Labute approximate surface area is 120 Å². The SMILES string of the molecule is C=C(C)c1c(Cl)cc(-c2cc(Cl)ccc2F)nc1N. The first kappa shape index (κ1) is 13.8. The maximum absolute atomic E-state index is 13.8. The van der Waals surface area contributed by atoms with Gasteiger partial charge in [0.25, 0.3) is 0 Å². The van der Waals surface area contributed by atoms with E-state index in [1.807, 2.05) is 0 Å². The summed E-state index contributed by atoms with van der Waals surface area (Å²) in [6.07, 6.45) is 0. The number of hydrogen-bond acceptors (Lipinski definition) is 2. The molecule has 0 amide bonds. The number of halogens is 3. The molecule has 5 heteroatoms. The summed E-state index contributed by atoms with van der Waals surface area (Å²) in [6, 6.07) is 5.77. The number of allylic oxidation sites excluding steroid dienone is 1. The number of benzene rings is 1. The summed E-state index contributed by atoms with van der Waals surface area (Å²) in [6.45, 7) is 5.56. The fourth-order valence-electron chi connectivity index (χ4n) is 1.79. The predicted octanol–water partition coefficient (Wildman–Crippen LogP) is 4.81. The van der Waals surface area contributed by atoms with Gasteiger partial charge in [-0.3, -0.25) is 0 Å². The van der Waals surface area contributed by atoms with Crippen LogP contribution in [-0.2, 0) is 0 Å². The number of nitrogens with two attached hydrogens (primary N) is 1. The summed E-state index contributed by atoms with van der Waals surface area (Å²) in [7, 11) is 0. The van der Waals surface area contributed by atoms with Crippen molar-refractivity contribution < 1.29 is 4.39 Å². The molecule has 0 saturated carbocycles. The highest BCUT2D eigenvalue weighted by atomic mass is 35.5. The van der Waals surface area contributed by atoms with Crippen LogP contribution in [0.25, 0.3) is 16.8 Å². The molecular weight excluding hydrogens is 286 g/mol. The van der Waals surface area contributed by atoms with Gasteiger partial charge in [-0.1, -0.05) is 29.8 Å². The van der Waals surface area contributed by atoms with E-state index in [1.54, 1.807) is 13.0 Å². The van der Waals surface area contributed by atoms with Crippen LogP contribution in [0.15, 0.2) is 30.8 Å². The van der Waals surface area contributed by atoms with Crippen molar-refractivity contribution >= 4 is 34.6 Å². The third-order valence-electron chi connectivity index (χ3n) is 2.63. The molecule has 0 radical (unpaired) electrons. The second kappa shape index (κ2) is 5.19. The van der Waals surface area contributed by atoms with Crippen molar-refractivity contribution in [2.24, 2.45) is 0 Å². The summed E-state index contributed by atoms with van der Waals surface area (Å²) >= 11 is 12.0. The van der Waals surface area contributed by atoms with E-state index >= 15 is 0 Å². The highest BCUT2D eigenvalue weighted by Crippen LogP contribution is 2.33. The molecule has 0 aliphatic rings. The Morgan fingerprint density at radius 1 is 1.32 bits per heavy atom. The molecule has 0 spiro atoms. The Bertz CT molecular complexity index is 645. The van der Waals surface area contributed by atoms with E-state index in [9.17, 15) is 4.39 Å². The molecular formula is C14H11Cl2FN2. The summed E-state index contributed by atoms with van der Waals surface area (Å²) in [5, 5.41) is 0.797. The quantitative estimate of drug-likeness (QED) is 0.864. The lowest BCUT2D eigenvalue weighted by molar-refractivity contribution is 0.631. The molecule has 0 aliphatic carbocycles. The number of hydrogen-bond donors (Lipinski definition) is 1. The zero-order valence-corrected chi connectivity index (χ0v) is 11.7. The summed E-state index contributed by atoms with van der Waals surface area (Å²) in [4.78, 5) is 4.16. The molecule has 19 heavy (non-hydrogen) atoms. The van der Waals surface area contributed by atoms with Crippen LogP contribution < -0.4 is 5.73 Å². The van der Waals surface area contributed by atoms with Crippen LogP contribution in [-0.4, -0.2) is 4.98 Å². The first-order valence-electron chi connectivity index (χ1n) is 5.47. The molecule has 0 atom stereocenters. The zero-order chi connectivity index (χ0) is 14.2. The largest absolute Gasteiger partial charge is 0.383 e. The molecule has 98 valence electrons. The van der Waals surface area contributed by atoms with Gasteiger partial charge in [0.2, 0.25) is 0 Å². The van der Waals surface area contributed by atoms with Crippen LogP contribution in [0.5, 0.6) is 0 Å². The lowest BCUT2D eigenvalue weighted by atomic mass is 10.1. The third-order valence-corrected chi connectivity index (χ3v) is 3.16. The third kappa shape index (κ3) is 2.72. The van der Waals surface area contributed by atoms with Crippen molar-refractivity contribution in [3.63, 3.8) is 0 Å². The van der Waals surface area contributed by atoms with Gasteiger partial charge in [0, 0.05) is 16.1 Å². The number of nitrogens with zero attached hydrogens (tertiary/aromatic N) is 1. The van der Waals surface area contributed by atoms with Crippen LogP contribution in [0.1, 0.15) is 12.5 Å². The average Bonchev–Trinajstić information content (AvgIpc) is 2.30. The van der Waals surface area contributed by atoms with Gasteiger partial charge in [0.05, 0.1) is 10.7 Å². The summed E-state index contributed by atoms with van der Waals surface area (Å²) in [5.74, 6) is -0.218. The number of rotatable bonds is 2. The zero-order valence-electron chi connectivity index (χ0n) is 10.2. The van der Waals surface area contributed by atoms with Gasteiger partial charge in [-0.15, -0.1) is 0 Å². The van der Waals surface area contributed by atoms with E-state index < -0.39 is 5.82 Å². The smallest absolute Gasteiger partial charge is 0.133 e. The fourth-order valence-corrected chi connectivity index (χ4v) is 2.32. The molecule has 0 aliphatic heterocycles. The first-order valence-corrected chi connectivity index (χ1v) is 6.23. The molecule has 2 rings (SSSR count). The Morgan fingerprint density at radius 2 is 2.00 bits per heavy atom. The number of anilines is 1. The fraction of sp³-hybridized carbons (Fsp3) is 0.0714. The molecule has 0 bridgehead atoms. The van der Waals surface area contributed by atoms with E-state index in [4.69, 9.17) is 28.9 Å². The van der Waals surface area contributed by atoms with Gasteiger partial charge in [-0.2, -0.15) is 0 Å². The summed E-state index contributed by atoms with van der Waals surface area (Å²) in [5.41, 5.74) is 7.71. The molecule has 2 aromatic rings. The Hall–Kier alpha value is -1.58. The van der Waals surface area contributed by atoms with Crippen molar-refractivity contribution in [3.8, 4) is 11.3 Å². The van der Waals surface area contributed by atoms with Gasteiger partial charge in [-0.05, 0) is 36.8 Å². The molecule has 2 nitrogen and oxygen atoms in total. The lowest BCUT2D eigenvalue weighted by Crippen LogP contribution is -1.99. The molecule has 0 fully saturated rings. The van der Waals surface area contributed by atoms with E-state index in [0.717, 1.165) is 0 Å². The molecule has 0 unspecified atom stereocenters. The van der Waals surface area contributed by atoms with Gasteiger partial charge >= 0.3 is 0 Å². The molecule has 1 aromatic heterocycles. The lowest BCUT2D eigenvalue weighted by Gasteiger charge is -2.10. The maximum Gasteiger partial charge on any atom is 0.133 e. The Morgan fingerprint density at radius 3 is 2.58 bits per heavy atom. The molecule has 2 N–H and O–H groups in total. The van der Waals surface area contributed by atoms with Crippen LogP contribution in [0.4, 0.5) is 10.2 Å². The first-order chi connectivity index (χ1) is 8.90. The van der Waals surface area contributed by atoms with E-state index in [1.165, 1.54) is 18.2 Å². The number of aromatic nitrogens is 1. The standard InChI is InChI=1S/C14H11Cl2FN2/c1-7(2)13-10(16)6-12(19-14(13)18)9-5-8(15)3-4-11(9)17/h3-6H,1H2,2H3,(H2,18,19). The summed E-state index contributed by atoms with van der Waals surface area (Å²) < 4.78 is 13.8. The highest BCUT2D eigenvalue weighted by molar-refractivity contribution is 6.33. The molecule has 1 heterocycles. The average molecular weight is 297 g/mol. The van der Waals surface area contributed by atoms with Crippen molar-refractivity contribution in [1.29, 1.82) is 0 Å². The minimum absolute atomic E-state index is 0.217. The Balaban J connectivity index is 2.65. The molecule has 0 saturated heterocycles. The second-order valence-corrected chi connectivity index (χ2v) is 5.00. The normalized spacial score (nSPS) is 10.5. The number of nitrogen functional groups attached to an aromatic ring is 1. The van der Waals surface area contributed by atoms with Crippen molar-refractivity contribution in [2.75, 3.05) is 5.73 Å². The van der Waals surface area contributed by atoms with Gasteiger partial charge in [0.1, 0.15) is 11.6 Å². The number of pyridine rings is 1. The van der Waals surface area contributed by atoms with E-state index in [2.05, 4.69) is 11.6 Å².